The summed E-state index contributed by atoms with van der Waals surface area (Å²) < 4.78 is 30.8. The van der Waals surface area contributed by atoms with E-state index in [1.54, 1.807) is 30.5 Å². The fraction of sp³-hybridized carbons (Fsp3) is 0.200. The van der Waals surface area contributed by atoms with Crippen molar-refractivity contribution < 1.29 is 13.3 Å². The Morgan fingerprint density at radius 1 is 0.972 bits per heavy atom. The molecule has 0 fully saturated rings. The van der Waals surface area contributed by atoms with Gasteiger partial charge in [-0.1, -0.05) is 59.8 Å². The van der Waals surface area contributed by atoms with E-state index < -0.39 is 14.9 Å². The van der Waals surface area contributed by atoms with Crippen LogP contribution in [0.4, 0.5) is 5.69 Å². The van der Waals surface area contributed by atoms with E-state index >= 15 is 0 Å². The standard InChI is InChI=1S/C25H25N5O4S2/c1-17-13-18(2)24(19(3)14-17)36(33,34)26-15-23-27-28-25(35-16-20-7-5-4-6-8-20)29(23)21-9-11-22(12-10-21)30(31)32/h4-14,26H,15-16H2,1-3H3. The summed E-state index contributed by atoms with van der Waals surface area (Å²) in [5.74, 6) is 0.991. The first-order valence-corrected chi connectivity index (χ1v) is 13.6. The number of non-ortho nitro benzene ring substituents is 1. The zero-order chi connectivity index (χ0) is 25.9. The van der Waals surface area contributed by atoms with Gasteiger partial charge in [0.25, 0.3) is 5.69 Å². The molecule has 11 heteroatoms. The Hall–Kier alpha value is -3.54. The van der Waals surface area contributed by atoms with Crippen LogP contribution in [0, 0.1) is 30.9 Å². The van der Waals surface area contributed by atoms with Crippen LogP contribution < -0.4 is 4.72 Å². The molecule has 0 atom stereocenters. The van der Waals surface area contributed by atoms with Crippen molar-refractivity contribution in [3.8, 4) is 5.69 Å². The van der Waals surface area contributed by atoms with Gasteiger partial charge >= 0.3 is 0 Å². The summed E-state index contributed by atoms with van der Waals surface area (Å²) in [5.41, 5.74) is 3.96. The van der Waals surface area contributed by atoms with Crippen molar-refractivity contribution in [1.29, 1.82) is 0 Å². The molecule has 4 rings (SSSR count). The van der Waals surface area contributed by atoms with Crippen LogP contribution in [0.3, 0.4) is 0 Å². The molecule has 0 radical (unpaired) electrons. The van der Waals surface area contributed by atoms with Crippen molar-refractivity contribution in [2.45, 2.75) is 43.1 Å². The zero-order valence-corrected chi connectivity index (χ0v) is 21.6. The number of nitrogens with one attached hydrogen (secondary N) is 1. The molecular formula is C25H25N5O4S2. The number of aryl methyl sites for hydroxylation is 3. The first-order valence-electron chi connectivity index (χ1n) is 11.1. The highest BCUT2D eigenvalue weighted by molar-refractivity contribution is 7.98. The summed E-state index contributed by atoms with van der Waals surface area (Å²) in [5, 5.41) is 20.2. The van der Waals surface area contributed by atoms with Gasteiger partial charge < -0.3 is 0 Å². The van der Waals surface area contributed by atoms with Gasteiger partial charge in [-0.3, -0.25) is 14.7 Å². The van der Waals surface area contributed by atoms with Gasteiger partial charge in [0.05, 0.1) is 16.4 Å². The Balaban J connectivity index is 1.66. The normalized spacial score (nSPS) is 11.5. The number of hydrogen-bond donors (Lipinski definition) is 1. The summed E-state index contributed by atoms with van der Waals surface area (Å²) in [6.45, 7) is 5.36. The lowest BCUT2D eigenvalue weighted by atomic mass is 10.1. The molecule has 1 aromatic heterocycles. The smallest absolute Gasteiger partial charge is 0.269 e. The van der Waals surface area contributed by atoms with Gasteiger partial charge in [-0.15, -0.1) is 10.2 Å². The van der Waals surface area contributed by atoms with Gasteiger partial charge in [-0.25, -0.2) is 13.1 Å². The van der Waals surface area contributed by atoms with Crippen LogP contribution in [0.15, 0.2) is 76.8 Å². The predicted octanol–water partition coefficient (Wildman–Crippen LogP) is 4.87. The Bertz CT molecular complexity index is 1480. The van der Waals surface area contributed by atoms with Crippen molar-refractivity contribution in [3.05, 3.63) is 105 Å². The van der Waals surface area contributed by atoms with Crippen LogP contribution in [0.25, 0.3) is 5.69 Å². The van der Waals surface area contributed by atoms with E-state index in [-0.39, 0.29) is 17.1 Å². The Morgan fingerprint density at radius 2 is 1.61 bits per heavy atom. The average molecular weight is 524 g/mol. The third-order valence-corrected chi connectivity index (χ3v) is 8.23. The van der Waals surface area contributed by atoms with Gasteiger partial charge in [0.1, 0.15) is 0 Å². The first-order chi connectivity index (χ1) is 17.2. The minimum Gasteiger partial charge on any atom is -0.273 e. The molecule has 9 nitrogen and oxygen atoms in total. The Labute approximate surface area is 213 Å². The highest BCUT2D eigenvalue weighted by Crippen LogP contribution is 2.27. The minimum atomic E-state index is -3.83. The SMILES string of the molecule is Cc1cc(C)c(S(=O)(=O)NCc2nnc(SCc3ccccc3)n2-c2ccc([N+](=O)[O-])cc2)c(C)c1. The van der Waals surface area contributed by atoms with E-state index in [1.165, 1.54) is 23.9 Å². The molecule has 0 spiro atoms. The van der Waals surface area contributed by atoms with Gasteiger partial charge in [-0.05, 0) is 49.6 Å². The van der Waals surface area contributed by atoms with E-state index in [2.05, 4.69) is 14.9 Å². The topological polar surface area (TPSA) is 120 Å². The van der Waals surface area contributed by atoms with Crippen LogP contribution in [-0.4, -0.2) is 28.1 Å². The molecule has 0 aliphatic heterocycles. The second-order valence-electron chi connectivity index (χ2n) is 8.33. The maximum Gasteiger partial charge on any atom is 0.269 e. The quantitative estimate of drug-likeness (QED) is 0.189. The molecular weight excluding hydrogens is 498 g/mol. The molecule has 186 valence electrons. The fourth-order valence-corrected chi connectivity index (χ4v) is 6.39. The van der Waals surface area contributed by atoms with Crippen molar-refractivity contribution in [3.63, 3.8) is 0 Å². The van der Waals surface area contributed by atoms with Crippen LogP contribution in [-0.2, 0) is 22.3 Å². The molecule has 0 saturated heterocycles. The van der Waals surface area contributed by atoms with Crippen LogP contribution in [0.1, 0.15) is 28.1 Å². The maximum absolute atomic E-state index is 13.2. The Kier molecular flexibility index (Phi) is 7.53. The van der Waals surface area contributed by atoms with Crippen molar-refractivity contribution >= 4 is 27.5 Å². The van der Waals surface area contributed by atoms with Gasteiger partial charge in [0.15, 0.2) is 11.0 Å². The van der Waals surface area contributed by atoms with Gasteiger partial charge in [0.2, 0.25) is 10.0 Å². The minimum absolute atomic E-state index is 0.0436. The van der Waals surface area contributed by atoms with Crippen LogP contribution in [0.2, 0.25) is 0 Å². The van der Waals surface area contributed by atoms with Gasteiger partial charge in [-0.2, -0.15) is 0 Å². The van der Waals surface area contributed by atoms with Crippen molar-refractivity contribution in [2.24, 2.45) is 0 Å². The van der Waals surface area contributed by atoms with Crippen LogP contribution in [0.5, 0.6) is 0 Å². The number of nitrogens with zero attached hydrogens (tertiary/aromatic N) is 4. The average Bonchev–Trinajstić information content (AvgIpc) is 3.24. The molecule has 0 saturated carbocycles. The number of aromatic nitrogens is 3. The summed E-state index contributed by atoms with van der Waals surface area (Å²) in [6, 6.07) is 19.5. The summed E-state index contributed by atoms with van der Waals surface area (Å²) in [6.07, 6.45) is 0. The van der Waals surface area contributed by atoms with Crippen LogP contribution >= 0.6 is 11.8 Å². The molecule has 0 unspecified atom stereocenters. The first kappa shape index (κ1) is 25.5. The molecule has 1 heterocycles. The highest BCUT2D eigenvalue weighted by atomic mass is 32.2. The largest absolute Gasteiger partial charge is 0.273 e. The molecule has 36 heavy (non-hydrogen) atoms. The van der Waals surface area contributed by atoms with E-state index in [1.807, 2.05) is 49.4 Å². The zero-order valence-electron chi connectivity index (χ0n) is 20.0. The predicted molar refractivity (Wildman–Crippen MR) is 139 cm³/mol. The number of thioether (sulfide) groups is 1. The van der Waals surface area contributed by atoms with E-state index in [0.717, 1.165) is 11.1 Å². The lowest BCUT2D eigenvalue weighted by molar-refractivity contribution is -0.384. The number of rotatable bonds is 9. The maximum atomic E-state index is 13.2. The number of sulfonamides is 1. The second kappa shape index (κ2) is 10.6. The lowest BCUT2D eigenvalue weighted by Gasteiger charge is -2.14. The number of hydrogen-bond acceptors (Lipinski definition) is 7. The lowest BCUT2D eigenvalue weighted by Crippen LogP contribution is -2.26. The number of nitro groups is 1. The third-order valence-electron chi connectivity index (χ3n) is 5.52. The molecule has 0 bridgehead atoms. The fourth-order valence-electron chi connectivity index (χ4n) is 4.04. The van der Waals surface area contributed by atoms with Crippen molar-refractivity contribution in [1.82, 2.24) is 19.5 Å². The van der Waals surface area contributed by atoms with Gasteiger partial charge in [0, 0.05) is 23.6 Å². The molecule has 3 aromatic carbocycles. The van der Waals surface area contributed by atoms with E-state index in [4.69, 9.17) is 0 Å². The summed E-state index contributed by atoms with van der Waals surface area (Å²) in [7, 11) is -3.83. The second-order valence-corrected chi connectivity index (χ2v) is 11.0. The Morgan fingerprint density at radius 3 is 2.22 bits per heavy atom. The number of benzene rings is 3. The van der Waals surface area contributed by atoms with E-state index in [9.17, 15) is 18.5 Å². The highest BCUT2D eigenvalue weighted by Gasteiger charge is 2.22. The van der Waals surface area contributed by atoms with Crippen molar-refractivity contribution in [2.75, 3.05) is 0 Å². The summed E-state index contributed by atoms with van der Waals surface area (Å²) >= 11 is 1.44. The monoisotopic (exact) mass is 523 g/mol. The third kappa shape index (κ3) is 5.64. The molecule has 0 aliphatic rings. The molecule has 4 aromatic rings. The molecule has 1 N–H and O–H groups in total. The van der Waals surface area contributed by atoms with E-state index in [0.29, 0.717) is 33.5 Å². The summed E-state index contributed by atoms with van der Waals surface area (Å²) in [4.78, 5) is 10.9. The molecule has 0 amide bonds. The number of nitro benzene ring substituents is 1. The molecule has 0 aliphatic carbocycles.